The summed E-state index contributed by atoms with van der Waals surface area (Å²) in [7, 11) is 0. The molecule has 13 aromatic rings. The van der Waals surface area contributed by atoms with Crippen molar-refractivity contribution in [3.8, 4) is 74.0 Å². The van der Waals surface area contributed by atoms with Gasteiger partial charge >= 0.3 is 0 Å². The molecule has 0 spiro atoms. The van der Waals surface area contributed by atoms with Crippen molar-refractivity contribution in [2.45, 2.75) is 0 Å². The van der Waals surface area contributed by atoms with E-state index in [4.69, 9.17) is 24.9 Å². The quantitative estimate of drug-likeness (QED) is 0.152. The number of nitrogens with zero attached hydrogens (tertiary/aromatic N) is 8. The van der Waals surface area contributed by atoms with Crippen LogP contribution in [0.3, 0.4) is 0 Å². The van der Waals surface area contributed by atoms with Gasteiger partial charge in [-0.2, -0.15) is 0 Å². The predicted octanol–water partition coefficient (Wildman–Crippen LogP) is 14.0. The molecule has 67 heavy (non-hydrogen) atoms. The van der Waals surface area contributed by atoms with Crippen LogP contribution < -0.4 is 0 Å². The van der Waals surface area contributed by atoms with Gasteiger partial charge in [-0.25, -0.2) is 24.9 Å². The normalized spacial score (nSPS) is 11.6. The molecule has 13 rings (SSSR count). The van der Waals surface area contributed by atoms with Crippen molar-refractivity contribution in [3.63, 3.8) is 0 Å². The summed E-state index contributed by atoms with van der Waals surface area (Å²) in [6, 6.07) is 79.6. The van der Waals surface area contributed by atoms with Crippen molar-refractivity contribution in [2.75, 3.05) is 0 Å². The molecule has 9 aromatic carbocycles. The van der Waals surface area contributed by atoms with Gasteiger partial charge in [-0.1, -0.05) is 121 Å². The van der Waals surface area contributed by atoms with Crippen LogP contribution in [-0.2, 0) is 0 Å². The maximum absolute atomic E-state index is 5.18. The Morgan fingerprint density at radius 2 is 0.537 bits per heavy atom. The zero-order valence-electron chi connectivity index (χ0n) is 36.0. The number of hydrogen-bond acceptors (Lipinski definition) is 5. The van der Waals surface area contributed by atoms with E-state index in [1.165, 1.54) is 10.8 Å². The van der Waals surface area contributed by atoms with E-state index in [1.807, 2.05) is 48.5 Å². The van der Waals surface area contributed by atoms with E-state index in [2.05, 4.69) is 196 Å². The van der Waals surface area contributed by atoms with E-state index < -0.39 is 0 Å². The van der Waals surface area contributed by atoms with E-state index in [0.29, 0.717) is 17.5 Å². The Bertz CT molecular complexity index is 3710. The Kier molecular flexibility index (Phi) is 8.99. The van der Waals surface area contributed by atoms with Crippen molar-refractivity contribution < 1.29 is 0 Å². The molecule has 8 heteroatoms. The third-order valence-corrected chi connectivity index (χ3v) is 12.6. The molecule has 0 unspecified atom stereocenters. The van der Waals surface area contributed by atoms with Gasteiger partial charge in [0, 0.05) is 55.7 Å². The molecule has 0 aliphatic rings. The van der Waals surface area contributed by atoms with Gasteiger partial charge in [0.15, 0.2) is 17.5 Å². The molecular weight excluding hydrogens is 821 g/mol. The lowest BCUT2D eigenvalue weighted by Gasteiger charge is -2.13. The van der Waals surface area contributed by atoms with Gasteiger partial charge in [-0.05, 0) is 109 Å². The maximum atomic E-state index is 5.18. The monoisotopic (exact) mass is 858 g/mol. The van der Waals surface area contributed by atoms with Crippen molar-refractivity contribution in [1.29, 1.82) is 0 Å². The first-order valence-electron chi connectivity index (χ1n) is 22.3. The SMILES string of the molecule is c1ccc(-c2nc3ccccc3n2-c2ccc(-c3nc(-c4ccc(-n5c(-c6ccccc6)nc6ccccc65)cc4)nc(-c4ccc(-n5c6ccccc6c6ccccc65)cc4)n3)cc2)cc1. The second-order valence-electron chi connectivity index (χ2n) is 16.6. The molecule has 0 fully saturated rings. The van der Waals surface area contributed by atoms with Crippen molar-refractivity contribution in [3.05, 3.63) is 231 Å². The van der Waals surface area contributed by atoms with E-state index >= 15 is 0 Å². The number of fused-ring (bicyclic) bond motifs is 5. The third-order valence-electron chi connectivity index (χ3n) is 12.6. The van der Waals surface area contributed by atoms with Gasteiger partial charge in [-0.15, -0.1) is 0 Å². The van der Waals surface area contributed by atoms with Gasteiger partial charge < -0.3 is 4.57 Å². The summed E-state index contributed by atoms with van der Waals surface area (Å²) in [5.41, 5.74) is 14.0. The summed E-state index contributed by atoms with van der Waals surface area (Å²) >= 11 is 0. The molecule has 0 saturated carbocycles. The average molecular weight is 859 g/mol. The van der Waals surface area contributed by atoms with Crippen LogP contribution in [0.5, 0.6) is 0 Å². The van der Waals surface area contributed by atoms with Crippen LogP contribution in [0.4, 0.5) is 0 Å². The third kappa shape index (κ3) is 6.58. The molecule has 0 saturated heterocycles. The van der Waals surface area contributed by atoms with E-state index in [1.54, 1.807) is 0 Å². The second-order valence-corrected chi connectivity index (χ2v) is 16.6. The Hall–Kier alpha value is -9.27. The molecule has 0 aliphatic carbocycles. The number of imidazole rings is 2. The van der Waals surface area contributed by atoms with Gasteiger partial charge in [0.05, 0.1) is 33.1 Å². The topological polar surface area (TPSA) is 79.2 Å². The first-order valence-corrected chi connectivity index (χ1v) is 22.3. The largest absolute Gasteiger partial charge is 0.309 e. The standard InChI is InChI=1S/C59H38N8/c1-3-15-42(16-4-1)58-60-49-21-9-13-25-53(49)66(58)45-35-29-40(30-36-45)56-62-55(39-27-33-44(34-28-39)65-51-23-11-7-19-47(51)48-20-8-12-24-52(48)65)63-57(64-56)41-31-37-46(38-32-41)67-54-26-14-10-22-50(54)61-59(67)43-17-5-2-6-18-43/h1-38H. The second kappa shape index (κ2) is 15.8. The summed E-state index contributed by atoms with van der Waals surface area (Å²) in [6.07, 6.45) is 0. The fourth-order valence-electron chi connectivity index (χ4n) is 9.38. The van der Waals surface area contributed by atoms with Crippen LogP contribution in [0, 0.1) is 0 Å². The smallest absolute Gasteiger partial charge is 0.164 e. The molecule has 0 radical (unpaired) electrons. The summed E-state index contributed by atoms with van der Waals surface area (Å²) in [5, 5.41) is 2.45. The average Bonchev–Trinajstić information content (AvgIpc) is 4.10. The minimum atomic E-state index is 0.577. The Morgan fingerprint density at radius 3 is 0.925 bits per heavy atom. The first-order chi connectivity index (χ1) is 33.2. The van der Waals surface area contributed by atoms with Gasteiger partial charge in [-0.3, -0.25) is 9.13 Å². The van der Waals surface area contributed by atoms with Crippen LogP contribution in [0.2, 0.25) is 0 Å². The highest BCUT2D eigenvalue weighted by atomic mass is 15.1. The number of rotatable bonds is 8. The lowest BCUT2D eigenvalue weighted by Crippen LogP contribution is -2.02. The van der Waals surface area contributed by atoms with Gasteiger partial charge in [0.1, 0.15) is 11.6 Å². The molecule has 0 atom stereocenters. The van der Waals surface area contributed by atoms with Crippen LogP contribution in [0.15, 0.2) is 231 Å². The molecule has 4 aromatic heterocycles. The predicted molar refractivity (Wildman–Crippen MR) is 271 cm³/mol. The zero-order chi connectivity index (χ0) is 44.3. The van der Waals surface area contributed by atoms with Crippen LogP contribution in [-0.4, -0.2) is 38.6 Å². The fraction of sp³-hybridized carbons (Fsp3) is 0. The van der Waals surface area contributed by atoms with Crippen LogP contribution in [0.25, 0.3) is 118 Å². The summed E-state index contributed by atoms with van der Waals surface area (Å²) in [5.74, 6) is 3.50. The van der Waals surface area contributed by atoms with Crippen molar-refractivity contribution >= 4 is 43.9 Å². The minimum Gasteiger partial charge on any atom is -0.309 e. The van der Waals surface area contributed by atoms with E-state index in [-0.39, 0.29) is 0 Å². The molecule has 8 nitrogen and oxygen atoms in total. The minimum absolute atomic E-state index is 0.577. The highest BCUT2D eigenvalue weighted by molar-refractivity contribution is 6.09. The Balaban J connectivity index is 0.926. The highest BCUT2D eigenvalue weighted by Gasteiger charge is 2.19. The summed E-state index contributed by atoms with van der Waals surface area (Å²) in [4.78, 5) is 25.7. The number of hydrogen-bond donors (Lipinski definition) is 0. The number of benzene rings is 9. The molecule has 4 heterocycles. The molecule has 0 bridgehead atoms. The van der Waals surface area contributed by atoms with Gasteiger partial charge in [0.25, 0.3) is 0 Å². The summed E-state index contributed by atoms with van der Waals surface area (Å²) < 4.78 is 6.75. The summed E-state index contributed by atoms with van der Waals surface area (Å²) in [6.45, 7) is 0. The van der Waals surface area contributed by atoms with E-state index in [9.17, 15) is 0 Å². The molecule has 0 aliphatic heterocycles. The lowest BCUT2D eigenvalue weighted by molar-refractivity contribution is 1.07. The van der Waals surface area contributed by atoms with Gasteiger partial charge in [0.2, 0.25) is 0 Å². The lowest BCUT2D eigenvalue weighted by atomic mass is 10.1. The first kappa shape index (κ1) is 38.2. The fourth-order valence-corrected chi connectivity index (χ4v) is 9.38. The molecule has 314 valence electrons. The highest BCUT2D eigenvalue weighted by Crippen LogP contribution is 2.35. The van der Waals surface area contributed by atoms with Crippen LogP contribution in [0.1, 0.15) is 0 Å². The van der Waals surface area contributed by atoms with Crippen molar-refractivity contribution in [2.24, 2.45) is 0 Å². The maximum Gasteiger partial charge on any atom is 0.164 e. The molecule has 0 amide bonds. The molecular formula is C59H38N8. The molecule has 0 N–H and O–H groups in total. The number of aromatic nitrogens is 8. The Labute approximate surface area is 385 Å². The zero-order valence-corrected chi connectivity index (χ0v) is 36.0. The van der Waals surface area contributed by atoms with Crippen LogP contribution >= 0.6 is 0 Å². The van der Waals surface area contributed by atoms with Crippen molar-refractivity contribution in [1.82, 2.24) is 38.6 Å². The van der Waals surface area contributed by atoms with E-state index in [0.717, 1.165) is 89.6 Å². The number of para-hydroxylation sites is 6. The Morgan fingerprint density at radius 1 is 0.224 bits per heavy atom.